The van der Waals surface area contributed by atoms with Crippen LogP contribution in [0.4, 0.5) is 10.1 Å². The molecule has 0 amide bonds. The molecule has 0 spiro atoms. The lowest BCUT2D eigenvalue weighted by molar-refractivity contribution is 0.603. The second-order valence-corrected chi connectivity index (χ2v) is 5.15. The molecular formula is C9H14ClFN2O2S. The van der Waals surface area contributed by atoms with E-state index in [9.17, 15) is 12.8 Å². The molecule has 0 aliphatic carbocycles. The number of halogens is 2. The molecule has 0 aliphatic heterocycles. The molecule has 0 saturated heterocycles. The first-order valence-electron chi connectivity index (χ1n) is 4.32. The smallest absolute Gasteiger partial charge is 0.229 e. The van der Waals surface area contributed by atoms with Crippen LogP contribution in [0.2, 0.25) is 0 Å². The van der Waals surface area contributed by atoms with Crippen molar-refractivity contribution >= 4 is 28.1 Å². The van der Waals surface area contributed by atoms with Crippen LogP contribution in [0, 0.1) is 5.82 Å². The van der Waals surface area contributed by atoms with Gasteiger partial charge in [-0.25, -0.2) is 12.8 Å². The SMILES string of the molecule is C[C@@H](N)c1ccc(NS(C)(=O)=O)c(F)c1.Cl. The van der Waals surface area contributed by atoms with Gasteiger partial charge in [0.05, 0.1) is 11.9 Å². The average molecular weight is 269 g/mol. The van der Waals surface area contributed by atoms with E-state index in [1.54, 1.807) is 13.0 Å². The van der Waals surface area contributed by atoms with E-state index in [1.807, 2.05) is 0 Å². The first-order valence-corrected chi connectivity index (χ1v) is 6.21. The number of hydrogen-bond acceptors (Lipinski definition) is 3. The molecule has 7 heteroatoms. The third kappa shape index (κ3) is 4.34. The molecule has 0 unspecified atom stereocenters. The Morgan fingerprint density at radius 1 is 1.44 bits per heavy atom. The van der Waals surface area contributed by atoms with Crippen LogP contribution in [0.15, 0.2) is 18.2 Å². The summed E-state index contributed by atoms with van der Waals surface area (Å²) in [6.07, 6.45) is 0.964. The molecule has 92 valence electrons. The third-order valence-corrected chi connectivity index (χ3v) is 2.40. The van der Waals surface area contributed by atoms with Gasteiger partial charge in [0.1, 0.15) is 5.82 Å². The van der Waals surface area contributed by atoms with Gasteiger partial charge in [-0.05, 0) is 24.6 Å². The number of hydrogen-bond donors (Lipinski definition) is 2. The fourth-order valence-electron chi connectivity index (χ4n) is 1.10. The van der Waals surface area contributed by atoms with Gasteiger partial charge in [-0.1, -0.05) is 6.07 Å². The van der Waals surface area contributed by atoms with Gasteiger partial charge < -0.3 is 5.73 Å². The summed E-state index contributed by atoms with van der Waals surface area (Å²) < 4.78 is 37.2. The molecule has 0 heterocycles. The van der Waals surface area contributed by atoms with Crippen molar-refractivity contribution < 1.29 is 12.8 Å². The van der Waals surface area contributed by atoms with Crippen LogP contribution >= 0.6 is 12.4 Å². The monoisotopic (exact) mass is 268 g/mol. The maximum atomic E-state index is 13.4. The van der Waals surface area contributed by atoms with Gasteiger partial charge in [0.2, 0.25) is 10.0 Å². The molecular weight excluding hydrogens is 255 g/mol. The standard InChI is InChI=1S/C9H13FN2O2S.ClH/c1-6(11)7-3-4-9(8(10)5-7)12-15(2,13)14;/h3-6,12H,11H2,1-2H3;1H/t6-;/m1./s1. The Hall–Kier alpha value is -0.850. The Bertz CT molecular complexity index is 463. The van der Waals surface area contributed by atoms with E-state index < -0.39 is 15.8 Å². The summed E-state index contributed by atoms with van der Waals surface area (Å²) in [7, 11) is -3.45. The van der Waals surface area contributed by atoms with Crippen LogP contribution in [0.3, 0.4) is 0 Å². The molecule has 0 aromatic heterocycles. The highest BCUT2D eigenvalue weighted by Crippen LogP contribution is 2.19. The van der Waals surface area contributed by atoms with Crippen molar-refractivity contribution in [1.82, 2.24) is 0 Å². The number of sulfonamides is 1. The number of nitrogens with two attached hydrogens (primary N) is 1. The van der Waals surface area contributed by atoms with E-state index in [4.69, 9.17) is 5.73 Å². The first-order chi connectivity index (χ1) is 6.79. The molecule has 0 saturated carbocycles. The van der Waals surface area contributed by atoms with Crippen LogP contribution in [0.25, 0.3) is 0 Å². The van der Waals surface area contributed by atoms with Gasteiger partial charge in [0.25, 0.3) is 0 Å². The normalized spacial score (nSPS) is 12.8. The minimum absolute atomic E-state index is 0. The van der Waals surface area contributed by atoms with E-state index >= 15 is 0 Å². The van der Waals surface area contributed by atoms with Gasteiger partial charge in [-0.2, -0.15) is 0 Å². The van der Waals surface area contributed by atoms with E-state index in [-0.39, 0.29) is 24.1 Å². The Balaban J connectivity index is 0.00000225. The third-order valence-electron chi connectivity index (χ3n) is 1.81. The predicted molar refractivity (Wildman–Crippen MR) is 64.7 cm³/mol. The molecule has 1 atom stereocenters. The fraction of sp³-hybridized carbons (Fsp3) is 0.333. The summed E-state index contributed by atoms with van der Waals surface area (Å²) >= 11 is 0. The van der Waals surface area contributed by atoms with E-state index in [2.05, 4.69) is 4.72 Å². The van der Waals surface area contributed by atoms with E-state index in [0.29, 0.717) is 5.56 Å². The van der Waals surface area contributed by atoms with Crippen molar-refractivity contribution in [1.29, 1.82) is 0 Å². The number of nitrogens with one attached hydrogen (secondary N) is 1. The highest BCUT2D eigenvalue weighted by Gasteiger charge is 2.09. The minimum atomic E-state index is -3.45. The molecule has 1 rings (SSSR count). The molecule has 0 bridgehead atoms. The van der Waals surface area contributed by atoms with Crippen LogP contribution in [-0.4, -0.2) is 14.7 Å². The first kappa shape index (κ1) is 15.2. The van der Waals surface area contributed by atoms with Crippen molar-refractivity contribution in [2.75, 3.05) is 11.0 Å². The highest BCUT2D eigenvalue weighted by atomic mass is 35.5. The Kier molecular flexibility index (Phi) is 5.18. The fourth-order valence-corrected chi connectivity index (χ4v) is 1.66. The maximum absolute atomic E-state index is 13.4. The molecule has 1 aromatic rings. The number of anilines is 1. The Morgan fingerprint density at radius 2 is 2.00 bits per heavy atom. The molecule has 1 aromatic carbocycles. The van der Waals surface area contributed by atoms with Crippen molar-refractivity contribution in [3.63, 3.8) is 0 Å². The van der Waals surface area contributed by atoms with Crippen LogP contribution < -0.4 is 10.5 Å². The highest BCUT2D eigenvalue weighted by molar-refractivity contribution is 7.92. The Labute approximate surface area is 100 Å². The van der Waals surface area contributed by atoms with Gasteiger partial charge in [0, 0.05) is 6.04 Å². The lowest BCUT2D eigenvalue weighted by Gasteiger charge is -2.09. The number of rotatable bonds is 3. The summed E-state index contributed by atoms with van der Waals surface area (Å²) in [6.45, 7) is 1.72. The van der Waals surface area contributed by atoms with Crippen LogP contribution in [0.1, 0.15) is 18.5 Å². The second kappa shape index (κ2) is 5.47. The van der Waals surface area contributed by atoms with Crippen molar-refractivity contribution in [3.05, 3.63) is 29.6 Å². The molecule has 0 fully saturated rings. The predicted octanol–water partition coefficient (Wildman–Crippen LogP) is 1.64. The molecule has 0 aliphatic rings. The van der Waals surface area contributed by atoms with Gasteiger partial charge in [-0.3, -0.25) is 4.72 Å². The molecule has 4 nitrogen and oxygen atoms in total. The van der Waals surface area contributed by atoms with E-state index in [1.165, 1.54) is 12.1 Å². The van der Waals surface area contributed by atoms with Crippen LogP contribution in [0.5, 0.6) is 0 Å². The minimum Gasteiger partial charge on any atom is -0.324 e. The summed E-state index contributed by atoms with van der Waals surface area (Å²) in [5.41, 5.74) is 6.10. The lowest BCUT2D eigenvalue weighted by Crippen LogP contribution is -2.12. The summed E-state index contributed by atoms with van der Waals surface area (Å²) in [4.78, 5) is 0. The molecule has 0 radical (unpaired) electrons. The summed E-state index contributed by atoms with van der Waals surface area (Å²) in [6, 6.07) is 3.88. The molecule has 3 N–H and O–H groups in total. The largest absolute Gasteiger partial charge is 0.324 e. The van der Waals surface area contributed by atoms with Crippen molar-refractivity contribution in [2.24, 2.45) is 5.73 Å². The summed E-state index contributed by atoms with van der Waals surface area (Å²) in [5.74, 6) is -0.629. The van der Waals surface area contributed by atoms with Crippen molar-refractivity contribution in [3.8, 4) is 0 Å². The second-order valence-electron chi connectivity index (χ2n) is 3.40. The number of benzene rings is 1. The summed E-state index contributed by atoms with van der Waals surface area (Å²) in [5, 5.41) is 0. The van der Waals surface area contributed by atoms with E-state index in [0.717, 1.165) is 6.26 Å². The molecule has 16 heavy (non-hydrogen) atoms. The zero-order valence-electron chi connectivity index (χ0n) is 8.90. The topological polar surface area (TPSA) is 72.2 Å². The van der Waals surface area contributed by atoms with Gasteiger partial charge in [-0.15, -0.1) is 12.4 Å². The van der Waals surface area contributed by atoms with Crippen LogP contribution in [-0.2, 0) is 10.0 Å². The average Bonchev–Trinajstić information content (AvgIpc) is 2.05. The lowest BCUT2D eigenvalue weighted by atomic mass is 10.1. The zero-order chi connectivity index (χ0) is 11.6. The zero-order valence-corrected chi connectivity index (χ0v) is 10.5. The van der Waals surface area contributed by atoms with Crippen molar-refractivity contribution in [2.45, 2.75) is 13.0 Å². The quantitative estimate of drug-likeness (QED) is 0.875. The Morgan fingerprint density at radius 3 is 2.38 bits per heavy atom. The maximum Gasteiger partial charge on any atom is 0.229 e. The van der Waals surface area contributed by atoms with Gasteiger partial charge in [0.15, 0.2) is 0 Å². The van der Waals surface area contributed by atoms with Gasteiger partial charge >= 0.3 is 0 Å².